The highest BCUT2D eigenvalue weighted by atomic mass is 17.6. The van der Waals surface area contributed by atoms with Crippen molar-refractivity contribution in [2.75, 3.05) is 32.8 Å². The Morgan fingerprint density at radius 1 is 1.27 bits per heavy atom. The highest BCUT2D eigenvalue weighted by Crippen LogP contribution is 2.08. The topological polar surface area (TPSA) is 77.7 Å². The van der Waals surface area contributed by atoms with Gasteiger partial charge in [0.1, 0.15) is 6.61 Å². The molecule has 0 aliphatic carbocycles. The number of hydrogen-bond acceptors (Lipinski definition) is 7. The van der Waals surface area contributed by atoms with Gasteiger partial charge in [-0.3, -0.25) is 0 Å². The van der Waals surface area contributed by atoms with Crippen LogP contribution in [0.4, 0.5) is 0 Å². The van der Waals surface area contributed by atoms with Crippen molar-refractivity contribution in [3.8, 4) is 11.8 Å². The number of pyridine rings is 1. The molecule has 3 rings (SSSR count). The first kappa shape index (κ1) is 20.3. The normalized spacial score (nSPS) is 13.9. The number of fused-ring (bicyclic) bond motifs is 1. The number of hydrogen-bond donors (Lipinski definition) is 1. The molecule has 142 valence electrons. The average molecular weight is 363 g/mol. The molecule has 0 aromatic carbocycles. The van der Waals surface area contributed by atoms with Gasteiger partial charge in [-0.2, -0.15) is 9.99 Å². The summed E-state index contributed by atoms with van der Waals surface area (Å²) in [7, 11) is 0. The SMILES string of the molecule is CC#CCOOOO.c1ccn2nc(COCCN3CCCC3)cc2c1. The maximum Gasteiger partial charge on any atom is 0.146 e. The van der Waals surface area contributed by atoms with E-state index in [0.29, 0.717) is 6.61 Å². The van der Waals surface area contributed by atoms with E-state index < -0.39 is 0 Å². The van der Waals surface area contributed by atoms with E-state index in [4.69, 9.17) is 9.99 Å². The van der Waals surface area contributed by atoms with Gasteiger partial charge in [0.05, 0.1) is 24.4 Å². The van der Waals surface area contributed by atoms with E-state index in [9.17, 15) is 0 Å². The van der Waals surface area contributed by atoms with Crippen molar-refractivity contribution < 1.29 is 25.0 Å². The van der Waals surface area contributed by atoms with Gasteiger partial charge in [0.15, 0.2) is 0 Å². The van der Waals surface area contributed by atoms with E-state index in [0.717, 1.165) is 24.4 Å². The van der Waals surface area contributed by atoms with Crippen molar-refractivity contribution in [1.82, 2.24) is 14.5 Å². The fourth-order valence-electron chi connectivity index (χ4n) is 2.59. The Balaban J connectivity index is 0.000000260. The van der Waals surface area contributed by atoms with Crippen molar-refractivity contribution in [2.45, 2.75) is 26.4 Å². The van der Waals surface area contributed by atoms with Crippen molar-refractivity contribution >= 4 is 5.52 Å². The monoisotopic (exact) mass is 363 g/mol. The second kappa shape index (κ2) is 12.4. The maximum absolute atomic E-state index is 7.47. The summed E-state index contributed by atoms with van der Waals surface area (Å²) in [5.74, 6) is 5.03. The number of ether oxygens (including phenoxy) is 1. The highest BCUT2D eigenvalue weighted by molar-refractivity contribution is 5.46. The lowest BCUT2D eigenvalue weighted by atomic mass is 10.4. The smallest absolute Gasteiger partial charge is 0.146 e. The van der Waals surface area contributed by atoms with E-state index in [1.165, 1.54) is 25.9 Å². The predicted octanol–water partition coefficient (Wildman–Crippen LogP) is 2.31. The van der Waals surface area contributed by atoms with Gasteiger partial charge in [-0.1, -0.05) is 12.0 Å². The first-order valence-corrected chi connectivity index (χ1v) is 8.56. The number of likely N-dealkylation sites (tertiary alicyclic amines) is 1. The Morgan fingerprint density at radius 2 is 2.12 bits per heavy atom. The third kappa shape index (κ3) is 7.49. The Bertz CT molecular complexity index is 656. The summed E-state index contributed by atoms with van der Waals surface area (Å²) in [4.78, 5) is 6.54. The summed E-state index contributed by atoms with van der Waals surface area (Å²) >= 11 is 0. The van der Waals surface area contributed by atoms with Crippen molar-refractivity contribution in [3.05, 3.63) is 36.2 Å². The van der Waals surface area contributed by atoms with Crippen molar-refractivity contribution in [2.24, 2.45) is 0 Å². The molecule has 3 heterocycles. The van der Waals surface area contributed by atoms with Crippen LogP contribution in [-0.2, 0) is 26.3 Å². The molecule has 0 atom stereocenters. The molecule has 0 bridgehead atoms. The summed E-state index contributed by atoms with van der Waals surface area (Å²) in [6, 6.07) is 8.14. The molecule has 1 aliphatic rings. The summed E-state index contributed by atoms with van der Waals surface area (Å²) in [5, 5.41) is 18.6. The van der Waals surface area contributed by atoms with E-state index in [2.05, 4.69) is 48.9 Å². The molecule has 0 unspecified atom stereocenters. The van der Waals surface area contributed by atoms with Crippen LogP contribution < -0.4 is 0 Å². The van der Waals surface area contributed by atoms with Gasteiger partial charge in [0.25, 0.3) is 0 Å². The Hall–Kier alpha value is -1.99. The lowest BCUT2D eigenvalue weighted by molar-refractivity contribution is -0.620. The summed E-state index contributed by atoms with van der Waals surface area (Å²) in [6.07, 6.45) is 4.64. The zero-order valence-electron chi connectivity index (χ0n) is 15.0. The zero-order valence-corrected chi connectivity index (χ0v) is 15.0. The van der Waals surface area contributed by atoms with Crippen LogP contribution in [0.1, 0.15) is 25.5 Å². The second-order valence-electron chi connectivity index (χ2n) is 5.64. The molecule has 1 N–H and O–H groups in total. The molecule has 26 heavy (non-hydrogen) atoms. The molecule has 2 aromatic heterocycles. The maximum atomic E-state index is 7.47. The Labute approximate surface area is 153 Å². The van der Waals surface area contributed by atoms with E-state index >= 15 is 0 Å². The van der Waals surface area contributed by atoms with Crippen LogP contribution in [0.15, 0.2) is 30.5 Å². The van der Waals surface area contributed by atoms with E-state index in [1.807, 2.05) is 22.8 Å². The first-order valence-electron chi connectivity index (χ1n) is 8.56. The standard InChI is InChI=1S/C14H19N3O.C4H6O4/c1-2-8-17-14(5-1)11-13(15-17)12-18-10-9-16-6-3-4-7-16;1-2-3-4-6-8-7-5/h1-2,5,8,11H,3-4,6-7,9-10,12H2;5H,4H2,1H3. The minimum atomic E-state index is 0.0804. The van der Waals surface area contributed by atoms with Gasteiger partial charge in [-0.25, -0.2) is 9.77 Å². The Kier molecular flexibility index (Phi) is 9.67. The molecule has 0 amide bonds. The fourth-order valence-corrected chi connectivity index (χ4v) is 2.59. The molecule has 1 saturated heterocycles. The molecule has 8 nitrogen and oxygen atoms in total. The molecular weight excluding hydrogens is 338 g/mol. The van der Waals surface area contributed by atoms with Crippen LogP contribution in [0.3, 0.4) is 0 Å². The molecule has 2 aromatic rings. The van der Waals surface area contributed by atoms with Gasteiger partial charge in [0, 0.05) is 12.7 Å². The van der Waals surface area contributed by atoms with Crippen LogP contribution in [0, 0.1) is 11.8 Å². The van der Waals surface area contributed by atoms with Gasteiger partial charge in [-0.05, 0) is 61.1 Å². The Morgan fingerprint density at radius 3 is 2.85 bits per heavy atom. The van der Waals surface area contributed by atoms with E-state index in [1.54, 1.807) is 6.92 Å². The molecule has 0 spiro atoms. The predicted molar refractivity (Wildman–Crippen MR) is 94.7 cm³/mol. The second-order valence-corrected chi connectivity index (χ2v) is 5.64. The van der Waals surface area contributed by atoms with Crippen LogP contribution in [-0.4, -0.2) is 52.6 Å². The molecule has 0 saturated carbocycles. The van der Waals surface area contributed by atoms with Gasteiger partial charge in [0.2, 0.25) is 0 Å². The van der Waals surface area contributed by atoms with Crippen LogP contribution in [0.5, 0.6) is 0 Å². The molecule has 1 aliphatic heterocycles. The fraction of sp³-hybridized carbons (Fsp3) is 0.500. The average Bonchev–Trinajstić information content (AvgIpc) is 3.32. The number of rotatable bonds is 8. The zero-order chi connectivity index (χ0) is 18.5. The minimum absolute atomic E-state index is 0.0804. The molecule has 0 radical (unpaired) electrons. The van der Waals surface area contributed by atoms with Gasteiger partial charge in [-0.15, -0.1) is 5.92 Å². The van der Waals surface area contributed by atoms with Crippen LogP contribution in [0.2, 0.25) is 0 Å². The highest BCUT2D eigenvalue weighted by Gasteiger charge is 2.10. The third-order valence-electron chi connectivity index (χ3n) is 3.81. The third-order valence-corrected chi connectivity index (χ3v) is 3.81. The molecule has 1 fully saturated rings. The largest absolute Gasteiger partial charge is 0.374 e. The summed E-state index contributed by atoms with van der Waals surface area (Å²) in [5.41, 5.74) is 2.12. The van der Waals surface area contributed by atoms with Crippen molar-refractivity contribution in [3.63, 3.8) is 0 Å². The van der Waals surface area contributed by atoms with Gasteiger partial charge < -0.3 is 9.64 Å². The van der Waals surface area contributed by atoms with Gasteiger partial charge >= 0.3 is 0 Å². The lowest BCUT2D eigenvalue weighted by Gasteiger charge is -2.13. The van der Waals surface area contributed by atoms with E-state index in [-0.39, 0.29) is 6.61 Å². The molecule has 8 heteroatoms. The minimum Gasteiger partial charge on any atom is -0.374 e. The summed E-state index contributed by atoms with van der Waals surface area (Å²) < 4.78 is 7.58. The number of aromatic nitrogens is 2. The van der Waals surface area contributed by atoms with Crippen LogP contribution in [0.25, 0.3) is 5.52 Å². The van der Waals surface area contributed by atoms with Crippen molar-refractivity contribution in [1.29, 1.82) is 0 Å². The number of nitrogens with zero attached hydrogens (tertiary/aromatic N) is 3. The van der Waals surface area contributed by atoms with Crippen LogP contribution >= 0.6 is 0 Å². The quantitative estimate of drug-likeness (QED) is 0.334. The summed E-state index contributed by atoms with van der Waals surface area (Å²) in [6.45, 7) is 6.66. The lowest BCUT2D eigenvalue weighted by Crippen LogP contribution is -2.23. The first-order chi connectivity index (χ1) is 12.8. The molecular formula is C18H25N3O5.